The highest BCUT2D eigenvalue weighted by Crippen LogP contribution is 2.30. The first-order valence-corrected chi connectivity index (χ1v) is 7.33. The Kier molecular flexibility index (Phi) is 3.41. The van der Waals surface area contributed by atoms with Gasteiger partial charge in [-0.05, 0) is 18.4 Å². The average molecular weight is 255 g/mol. The van der Waals surface area contributed by atoms with Gasteiger partial charge in [0.2, 0.25) is 0 Å². The number of fused-ring (bicyclic) bond motifs is 1. The van der Waals surface area contributed by atoms with Gasteiger partial charge in [-0.25, -0.2) is 0 Å². The molecule has 1 heterocycles. The number of carbonyl (C=O) groups is 1. The summed E-state index contributed by atoms with van der Waals surface area (Å²) in [5.41, 5.74) is 2.04. The molecule has 2 nitrogen and oxygen atoms in total. The molecule has 0 atom stereocenters. The summed E-state index contributed by atoms with van der Waals surface area (Å²) in [7, 11) is 2.01. The van der Waals surface area contributed by atoms with Gasteiger partial charge in [0, 0.05) is 36.1 Å². The average Bonchev–Trinajstić information content (AvgIpc) is 3.05. The molecular formula is C17H21NO. The number of hydrogen-bond acceptors (Lipinski definition) is 1. The van der Waals surface area contributed by atoms with Crippen molar-refractivity contribution in [1.29, 1.82) is 0 Å². The molecule has 0 bridgehead atoms. The van der Waals surface area contributed by atoms with E-state index in [1.807, 2.05) is 25.4 Å². The second kappa shape index (κ2) is 5.20. The van der Waals surface area contributed by atoms with Gasteiger partial charge in [0.05, 0.1) is 0 Å². The Balaban J connectivity index is 1.77. The van der Waals surface area contributed by atoms with Gasteiger partial charge in [-0.3, -0.25) is 4.79 Å². The molecule has 1 aromatic heterocycles. The topological polar surface area (TPSA) is 22.0 Å². The van der Waals surface area contributed by atoms with Gasteiger partial charge in [-0.2, -0.15) is 0 Å². The maximum atomic E-state index is 12.4. The standard InChI is InChI=1S/C17H21NO/c1-18-12-15(14-8-4-5-9-16(14)18)17(19)11-10-13-6-2-3-7-13/h4-5,8-9,12-13H,2-3,6-7,10-11H2,1H3. The Bertz CT molecular complexity index is 590. The summed E-state index contributed by atoms with van der Waals surface area (Å²) in [5, 5.41) is 1.10. The summed E-state index contributed by atoms with van der Waals surface area (Å²) >= 11 is 0. The van der Waals surface area contributed by atoms with Crippen molar-refractivity contribution in [3.63, 3.8) is 0 Å². The highest BCUT2D eigenvalue weighted by molar-refractivity contribution is 6.08. The fourth-order valence-corrected chi connectivity index (χ4v) is 3.33. The van der Waals surface area contributed by atoms with E-state index in [-0.39, 0.29) is 0 Å². The lowest BCUT2D eigenvalue weighted by Gasteiger charge is -2.07. The fraction of sp³-hybridized carbons (Fsp3) is 0.471. The first kappa shape index (κ1) is 12.5. The van der Waals surface area contributed by atoms with Crippen molar-refractivity contribution in [2.24, 2.45) is 13.0 Å². The van der Waals surface area contributed by atoms with Crippen LogP contribution in [0.15, 0.2) is 30.5 Å². The van der Waals surface area contributed by atoms with Crippen LogP contribution in [0, 0.1) is 5.92 Å². The van der Waals surface area contributed by atoms with Crippen molar-refractivity contribution in [1.82, 2.24) is 4.57 Å². The maximum Gasteiger partial charge on any atom is 0.165 e. The lowest BCUT2D eigenvalue weighted by Crippen LogP contribution is -2.02. The zero-order valence-electron chi connectivity index (χ0n) is 11.6. The highest BCUT2D eigenvalue weighted by Gasteiger charge is 2.18. The molecule has 100 valence electrons. The molecule has 1 aliphatic carbocycles. The van der Waals surface area contributed by atoms with Crippen LogP contribution in [0.5, 0.6) is 0 Å². The molecule has 1 aromatic carbocycles. The van der Waals surface area contributed by atoms with E-state index in [4.69, 9.17) is 0 Å². The zero-order valence-corrected chi connectivity index (χ0v) is 11.6. The molecule has 0 amide bonds. The van der Waals surface area contributed by atoms with Gasteiger partial charge in [0.1, 0.15) is 0 Å². The molecule has 0 aliphatic heterocycles. The summed E-state index contributed by atoms with van der Waals surface area (Å²) in [5.74, 6) is 1.10. The van der Waals surface area contributed by atoms with Crippen LogP contribution in [0.2, 0.25) is 0 Å². The van der Waals surface area contributed by atoms with Crippen LogP contribution in [0.1, 0.15) is 48.9 Å². The Morgan fingerprint density at radius 2 is 2.00 bits per heavy atom. The minimum atomic E-state index is 0.309. The molecule has 1 saturated carbocycles. The number of benzene rings is 1. The van der Waals surface area contributed by atoms with Crippen molar-refractivity contribution >= 4 is 16.7 Å². The zero-order chi connectivity index (χ0) is 13.2. The van der Waals surface area contributed by atoms with Crippen LogP contribution in [-0.2, 0) is 7.05 Å². The number of Topliss-reactive ketones (excluding diaryl/α,β-unsaturated/α-hetero) is 1. The van der Waals surface area contributed by atoms with E-state index in [1.165, 1.54) is 25.7 Å². The van der Waals surface area contributed by atoms with E-state index in [0.717, 1.165) is 28.8 Å². The monoisotopic (exact) mass is 255 g/mol. The molecule has 1 aliphatic rings. The summed E-state index contributed by atoms with van der Waals surface area (Å²) < 4.78 is 2.05. The normalized spacial score (nSPS) is 16.3. The van der Waals surface area contributed by atoms with Crippen LogP contribution in [0.4, 0.5) is 0 Å². The van der Waals surface area contributed by atoms with Gasteiger partial charge >= 0.3 is 0 Å². The van der Waals surface area contributed by atoms with Crippen molar-refractivity contribution < 1.29 is 4.79 Å². The number of rotatable bonds is 4. The minimum absolute atomic E-state index is 0.309. The molecule has 0 saturated heterocycles. The van der Waals surface area contributed by atoms with Crippen LogP contribution >= 0.6 is 0 Å². The van der Waals surface area contributed by atoms with Crippen LogP contribution < -0.4 is 0 Å². The number of aromatic nitrogens is 1. The smallest absolute Gasteiger partial charge is 0.165 e. The Morgan fingerprint density at radius 3 is 2.79 bits per heavy atom. The second-order valence-electron chi connectivity index (χ2n) is 5.78. The van der Waals surface area contributed by atoms with Gasteiger partial charge in [0.25, 0.3) is 0 Å². The number of carbonyl (C=O) groups excluding carboxylic acids is 1. The van der Waals surface area contributed by atoms with Crippen LogP contribution in [-0.4, -0.2) is 10.4 Å². The van der Waals surface area contributed by atoms with E-state index in [9.17, 15) is 4.79 Å². The van der Waals surface area contributed by atoms with E-state index in [2.05, 4.69) is 16.7 Å². The lowest BCUT2D eigenvalue weighted by atomic mass is 9.97. The number of para-hydroxylation sites is 1. The summed E-state index contributed by atoms with van der Waals surface area (Å²) in [6.07, 6.45) is 9.12. The van der Waals surface area contributed by atoms with Gasteiger partial charge in [-0.1, -0.05) is 43.9 Å². The van der Waals surface area contributed by atoms with Crippen molar-refractivity contribution in [2.45, 2.75) is 38.5 Å². The molecule has 0 unspecified atom stereocenters. The molecule has 0 spiro atoms. The first-order valence-electron chi connectivity index (χ1n) is 7.33. The fourth-order valence-electron chi connectivity index (χ4n) is 3.33. The second-order valence-corrected chi connectivity index (χ2v) is 5.78. The maximum absolute atomic E-state index is 12.4. The Labute approximate surface area is 114 Å². The molecular weight excluding hydrogens is 234 g/mol. The summed E-state index contributed by atoms with van der Waals surface area (Å²) in [6.45, 7) is 0. The van der Waals surface area contributed by atoms with Crippen molar-refractivity contribution in [3.05, 3.63) is 36.0 Å². The summed E-state index contributed by atoms with van der Waals surface area (Å²) in [6, 6.07) is 8.16. The number of aryl methyl sites for hydroxylation is 1. The number of nitrogens with zero attached hydrogens (tertiary/aromatic N) is 1. The lowest BCUT2D eigenvalue weighted by molar-refractivity contribution is 0.0975. The van der Waals surface area contributed by atoms with E-state index in [1.54, 1.807) is 0 Å². The predicted molar refractivity (Wildman–Crippen MR) is 78.4 cm³/mol. The minimum Gasteiger partial charge on any atom is -0.350 e. The number of hydrogen-bond donors (Lipinski definition) is 0. The number of ketones is 1. The molecule has 0 N–H and O–H groups in total. The van der Waals surface area contributed by atoms with Gasteiger partial charge in [-0.15, -0.1) is 0 Å². The van der Waals surface area contributed by atoms with Gasteiger partial charge in [0.15, 0.2) is 5.78 Å². The SMILES string of the molecule is Cn1cc(C(=O)CCC2CCCC2)c2ccccc21. The first-order chi connectivity index (χ1) is 9.25. The summed E-state index contributed by atoms with van der Waals surface area (Å²) in [4.78, 5) is 12.4. The third-order valence-electron chi connectivity index (χ3n) is 4.45. The van der Waals surface area contributed by atoms with E-state index >= 15 is 0 Å². The quantitative estimate of drug-likeness (QED) is 0.745. The molecule has 2 aromatic rings. The molecule has 2 heteroatoms. The van der Waals surface area contributed by atoms with Crippen molar-refractivity contribution in [3.8, 4) is 0 Å². The molecule has 1 fully saturated rings. The largest absolute Gasteiger partial charge is 0.350 e. The highest BCUT2D eigenvalue weighted by atomic mass is 16.1. The Hall–Kier alpha value is -1.57. The predicted octanol–water partition coefficient (Wildman–Crippen LogP) is 4.33. The third-order valence-corrected chi connectivity index (χ3v) is 4.45. The van der Waals surface area contributed by atoms with Crippen LogP contribution in [0.25, 0.3) is 10.9 Å². The van der Waals surface area contributed by atoms with E-state index in [0.29, 0.717) is 12.2 Å². The van der Waals surface area contributed by atoms with E-state index < -0.39 is 0 Å². The third kappa shape index (κ3) is 2.44. The molecule has 3 rings (SSSR count). The molecule has 0 radical (unpaired) electrons. The van der Waals surface area contributed by atoms with Crippen molar-refractivity contribution in [2.75, 3.05) is 0 Å². The van der Waals surface area contributed by atoms with Crippen LogP contribution in [0.3, 0.4) is 0 Å². The Morgan fingerprint density at radius 1 is 1.26 bits per heavy atom. The molecule has 19 heavy (non-hydrogen) atoms. The van der Waals surface area contributed by atoms with Gasteiger partial charge < -0.3 is 4.57 Å².